The topological polar surface area (TPSA) is 20.2 Å². The molecule has 0 aliphatic heterocycles. The lowest BCUT2D eigenvalue weighted by Crippen LogP contribution is -2.01. The SMILES string of the molecule is C=C(C)CCC(O)c1cccc(C)c1C. The summed E-state index contributed by atoms with van der Waals surface area (Å²) >= 11 is 0. The van der Waals surface area contributed by atoms with Crippen LogP contribution in [0.4, 0.5) is 0 Å². The van der Waals surface area contributed by atoms with E-state index in [0.29, 0.717) is 0 Å². The summed E-state index contributed by atoms with van der Waals surface area (Å²) in [6, 6.07) is 6.08. The smallest absolute Gasteiger partial charge is 0.0795 e. The van der Waals surface area contributed by atoms with Gasteiger partial charge in [-0.2, -0.15) is 0 Å². The summed E-state index contributed by atoms with van der Waals surface area (Å²) in [5.74, 6) is 0. The van der Waals surface area contributed by atoms with Crippen LogP contribution < -0.4 is 0 Å². The van der Waals surface area contributed by atoms with E-state index in [1.165, 1.54) is 11.1 Å². The molecule has 0 radical (unpaired) electrons. The zero-order chi connectivity index (χ0) is 11.4. The number of aryl methyl sites for hydroxylation is 1. The van der Waals surface area contributed by atoms with E-state index in [4.69, 9.17) is 0 Å². The monoisotopic (exact) mass is 204 g/mol. The summed E-state index contributed by atoms with van der Waals surface area (Å²) in [5.41, 5.74) is 4.61. The molecule has 1 N–H and O–H groups in total. The van der Waals surface area contributed by atoms with Crippen molar-refractivity contribution in [2.75, 3.05) is 0 Å². The molecular formula is C14H20O. The van der Waals surface area contributed by atoms with Crippen LogP contribution >= 0.6 is 0 Å². The third-order valence-electron chi connectivity index (χ3n) is 2.85. The summed E-state index contributed by atoms with van der Waals surface area (Å²) in [5, 5.41) is 10.0. The van der Waals surface area contributed by atoms with E-state index >= 15 is 0 Å². The van der Waals surface area contributed by atoms with Gasteiger partial charge in [-0.25, -0.2) is 0 Å². The average Bonchev–Trinajstić information content (AvgIpc) is 2.18. The summed E-state index contributed by atoms with van der Waals surface area (Å²) in [4.78, 5) is 0. The van der Waals surface area contributed by atoms with Gasteiger partial charge < -0.3 is 5.11 Å². The highest BCUT2D eigenvalue weighted by molar-refractivity contribution is 5.34. The second-order valence-electron chi connectivity index (χ2n) is 4.30. The first-order valence-corrected chi connectivity index (χ1v) is 5.41. The minimum atomic E-state index is -0.360. The highest BCUT2D eigenvalue weighted by Crippen LogP contribution is 2.24. The van der Waals surface area contributed by atoms with Gasteiger partial charge in [-0.15, -0.1) is 6.58 Å². The minimum absolute atomic E-state index is 0.360. The van der Waals surface area contributed by atoms with Crippen molar-refractivity contribution in [2.24, 2.45) is 0 Å². The molecule has 0 amide bonds. The Morgan fingerprint density at radius 1 is 1.40 bits per heavy atom. The normalized spacial score (nSPS) is 12.5. The fourth-order valence-electron chi connectivity index (χ4n) is 1.67. The van der Waals surface area contributed by atoms with Gasteiger partial charge >= 0.3 is 0 Å². The van der Waals surface area contributed by atoms with Crippen molar-refractivity contribution >= 4 is 0 Å². The van der Waals surface area contributed by atoms with Crippen molar-refractivity contribution in [2.45, 2.75) is 39.7 Å². The lowest BCUT2D eigenvalue weighted by molar-refractivity contribution is 0.167. The molecule has 1 aromatic rings. The molecule has 1 nitrogen and oxygen atoms in total. The molecular weight excluding hydrogens is 184 g/mol. The van der Waals surface area contributed by atoms with Gasteiger partial charge in [0.05, 0.1) is 6.10 Å². The van der Waals surface area contributed by atoms with Crippen LogP contribution in [0, 0.1) is 13.8 Å². The number of hydrogen-bond acceptors (Lipinski definition) is 1. The Hall–Kier alpha value is -1.08. The first-order chi connectivity index (χ1) is 7.02. The quantitative estimate of drug-likeness (QED) is 0.741. The van der Waals surface area contributed by atoms with Crippen molar-refractivity contribution in [3.8, 4) is 0 Å². The van der Waals surface area contributed by atoms with E-state index in [1.54, 1.807) is 0 Å². The zero-order valence-electron chi connectivity index (χ0n) is 9.88. The summed E-state index contributed by atoms with van der Waals surface area (Å²) < 4.78 is 0. The third kappa shape index (κ3) is 3.21. The predicted octanol–water partition coefficient (Wildman–Crippen LogP) is 3.69. The van der Waals surface area contributed by atoms with E-state index in [0.717, 1.165) is 24.0 Å². The zero-order valence-corrected chi connectivity index (χ0v) is 9.88. The van der Waals surface area contributed by atoms with Gasteiger partial charge in [-0.3, -0.25) is 0 Å². The van der Waals surface area contributed by atoms with Crippen LogP contribution in [0.5, 0.6) is 0 Å². The number of aliphatic hydroxyl groups is 1. The molecule has 0 fully saturated rings. The van der Waals surface area contributed by atoms with Crippen molar-refractivity contribution in [3.63, 3.8) is 0 Å². The van der Waals surface area contributed by atoms with Gasteiger partial charge in [0.2, 0.25) is 0 Å². The first kappa shape index (κ1) is 12.0. The predicted molar refractivity (Wildman–Crippen MR) is 64.9 cm³/mol. The fraction of sp³-hybridized carbons (Fsp3) is 0.429. The van der Waals surface area contributed by atoms with E-state index in [9.17, 15) is 5.11 Å². The fourth-order valence-corrected chi connectivity index (χ4v) is 1.67. The maximum Gasteiger partial charge on any atom is 0.0795 e. The molecule has 0 saturated heterocycles. The summed E-state index contributed by atoms with van der Waals surface area (Å²) in [6.07, 6.45) is 1.29. The van der Waals surface area contributed by atoms with Crippen LogP contribution in [0.1, 0.15) is 42.6 Å². The summed E-state index contributed by atoms with van der Waals surface area (Å²) in [6.45, 7) is 9.98. The molecule has 1 heteroatoms. The Morgan fingerprint density at radius 2 is 2.07 bits per heavy atom. The van der Waals surface area contributed by atoms with Crippen molar-refractivity contribution < 1.29 is 5.11 Å². The number of allylic oxidation sites excluding steroid dienone is 1. The van der Waals surface area contributed by atoms with Gasteiger partial charge in [0.1, 0.15) is 0 Å². The highest BCUT2D eigenvalue weighted by Gasteiger charge is 2.10. The molecule has 0 heterocycles. The number of benzene rings is 1. The van der Waals surface area contributed by atoms with E-state index in [-0.39, 0.29) is 6.10 Å². The third-order valence-corrected chi connectivity index (χ3v) is 2.85. The number of aliphatic hydroxyl groups excluding tert-OH is 1. The molecule has 0 aliphatic carbocycles. The first-order valence-electron chi connectivity index (χ1n) is 5.41. The summed E-state index contributed by atoms with van der Waals surface area (Å²) in [7, 11) is 0. The van der Waals surface area contributed by atoms with E-state index in [1.807, 2.05) is 19.1 Å². The van der Waals surface area contributed by atoms with E-state index in [2.05, 4.69) is 26.5 Å². The van der Waals surface area contributed by atoms with Gasteiger partial charge in [-0.1, -0.05) is 23.8 Å². The van der Waals surface area contributed by atoms with E-state index < -0.39 is 0 Å². The van der Waals surface area contributed by atoms with Gasteiger partial charge in [-0.05, 0) is 50.3 Å². The number of rotatable bonds is 4. The Balaban J connectivity index is 2.77. The molecule has 0 aliphatic rings. The Kier molecular flexibility index (Phi) is 4.10. The van der Waals surface area contributed by atoms with Crippen LogP contribution in [0.3, 0.4) is 0 Å². The maximum atomic E-state index is 10.0. The number of hydrogen-bond donors (Lipinski definition) is 1. The Bertz CT molecular complexity index is 352. The molecule has 82 valence electrons. The molecule has 1 rings (SSSR count). The van der Waals surface area contributed by atoms with Gasteiger partial charge in [0, 0.05) is 0 Å². The maximum absolute atomic E-state index is 10.0. The van der Waals surface area contributed by atoms with Crippen molar-refractivity contribution in [3.05, 3.63) is 47.0 Å². The molecule has 0 saturated carbocycles. The van der Waals surface area contributed by atoms with Crippen LogP contribution in [0.25, 0.3) is 0 Å². The largest absolute Gasteiger partial charge is 0.388 e. The van der Waals surface area contributed by atoms with Gasteiger partial charge in [0.25, 0.3) is 0 Å². The molecule has 15 heavy (non-hydrogen) atoms. The van der Waals surface area contributed by atoms with Crippen LogP contribution in [0.15, 0.2) is 30.4 Å². The molecule has 0 aromatic heterocycles. The molecule has 1 aromatic carbocycles. The van der Waals surface area contributed by atoms with Crippen molar-refractivity contribution in [1.29, 1.82) is 0 Å². The van der Waals surface area contributed by atoms with Crippen molar-refractivity contribution in [1.82, 2.24) is 0 Å². The van der Waals surface area contributed by atoms with Gasteiger partial charge in [0.15, 0.2) is 0 Å². The second-order valence-corrected chi connectivity index (χ2v) is 4.30. The lowest BCUT2D eigenvalue weighted by Gasteiger charge is -2.15. The highest BCUT2D eigenvalue weighted by atomic mass is 16.3. The standard InChI is InChI=1S/C14H20O/c1-10(2)8-9-14(15)13-7-5-6-11(3)12(13)4/h5-7,14-15H,1,8-9H2,2-4H3. The van der Waals surface area contributed by atoms with Crippen LogP contribution in [-0.4, -0.2) is 5.11 Å². The molecule has 0 spiro atoms. The molecule has 1 atom stereocenters. The van der Waals surface area contributed by atoms with Crippen LogP contribution in [-0.2, 0) is 0 Å². The molecule has 0 bridgehead atoms. The average molecular weight is 204 g/mol. The second kappa shape index (κ2) is 5.13. The minimum Gasteiger partial charge on any atom is -0.388 e. The Labute approximate surface area is 92.5 Å². The molecule has 1 unspecified atom stereocenters. The lowest BCUT2D eigenvalue weighted by atomic mass is 9.96. The van der Waals surface area contributed by atoms with Crippen LogP contribution in [0.2, 0.25) is 0 Å². The Morgan fingerprint density at radius 3 is 2.67 bits per heavy atom.